The van der Waals surface area contributed by atoms with Crippen molar-refractivity contribution in [2.45, 2.75) is 419 Å². The third kappa shape index (κ3) is 34.9. The maximum absolute atomic E-state index is 12.0. The van der Waals surface area contributed by atoms with Gasteiger partial charge in [0.25, 0.3) is 0 Å². The summed E-state index contributed by atoms with van der Waals surface area (Å²) in [4.78, 5) is 0. The maximum Gasteiger partial charge on any atom is 0.135 e. The number of phenolic OH excluding ortho intramolecular Hbond substituents is 6. The normalized spacial score (nSPS) is 17.5. The molecule has 0 aromatic heterocycles. The van der Waals surface area contributed by atoms with Crippen molar-refractivity contribution in [2.75, 3.05) is 0 Å². The highest BCUT2D eigenvalue weighted by atomic mass is 32.2. The van der Waals surface area contributed by atoms with Crippen LogP contribution in [-0.2, 0) is 77.8 Å². The van der Waals surface area contributed by atoms with Crippen LogP contribution in [0.3, 0.4) is 0 Å². The molecule has 3 aliphatic rings. The fourth-order valence-electron chi connectivity index (χ4n) is 19.2. The van der Waals surface area contributed by atoms with Gasteiger partial charge in [-0.05, 0) is 206 Å². The van der Waals surface area contributed by atoms with E-state index in [4.69, 9.17) is 0 Å². The minimum atomic E-state index is -0.331. The Morgan fingerprint density at radius 1 is 0.209 bits per heavy atom. The van der Waals surface area contributed by atoms with Crippen molar-refractivity contribution in [1.29, 1.82) is 0 Å². The van der Waals surface area contributed by atoms with Gasteiger partial charge in [0, 0.05) is 143 Å². The Morgan fingerprint density at radius 2 is 0.399 bits per heavy atom. The van der Waals surface area contributed by atoms with Crippen molar-refractivity contribution in [3.05, 3.63) is 317 Å². The highest BCUT2D eigenvalue weighted by molar-refractivity contribution is 8.04. The van der Waals surface area contributed by atoms with E-state index >= 15 is 0 Å². The van der Waals surface area contributed by atoms with E-state index in [1.807, 2.05) is 131 Å². The molecule has 0 heterocycles. The first kappa shape index (κ1) is 120. The highest BCUT2D eigenvalue weighted by Gasteiger charge is 2.37. The molecule has 0 aliphatic heterocycles. The van der Waals surface area contributed by atoms with Gasteiger partial charge in [0.05, 0.1) is 22.3 Å². The molecule has 0 amide bonds. The van der Waals surface area contributed by atoms with Gasteiger partial charge in [-0.2, -0.15) is 70.6 Å². The molecular formula is C136H176O6S6. The molecule has 3 aliphatic carbocycles. The van der Waals surface area contributed by atoms with Gasteiger partial charge < -0.3 is 30.6 Å². The molecule has 6 nitrogen and oxygen atoms in total. The van der Waals surface area contributed by atoms with Crippen LogP contribution in [0.15, 0.2) is 194 Å². The van der Waals surface area contributed by atoms with Crippen LogP contribution >= 0.6 is 70.6 Å². The summed E-state index contributed by atoms with van der Waals surface area (Å²) >= 11 is 12.0. The molecular weight excluding hydrogens is 1920 g/mol. The zero-order chi connectivity index (χ0) is 108. The zero-order valence-corrected chi connectivity index (χ0v) is 99.9. The SMILES string of the molecule is CC(C)(C)C#Cc1cc(C(C)(C)C)cc(CSC2CCCCCC[C@@H]2SCc2cc(C(C)(C)C)cc(C#CC(C)(C)C)c2O)c1O.CC(C)(C)c1cc(C#Cc2ccccc2)c(O)c(CSC2CCCCCC[C@@H]2SCc2cc(C(C)(C)C)cc(C#Cc3ccccc3)c2O)c1.CC(C)(C)c1cc(CSC2CCCCCC[C@@H]2SCc2cc(C(C)(C)C)cc(C(C)(C)c3ccccc3)c2O)c(O)c(C(C)(C)c2ccccc2)c1. The zero-order valence-electron chi connectivity index (χ0n) is 95.0. The van der Waals surface area contributed by atoms with Crippen molar-refractivity contribution in [1.82, 2.24) is 0 Å². The second-order valence-electron chi connectivity index (χ2n) is 51.0. The lowest BCUT2D eigenvalue weighted by Crippen LogP contribution is -2.24. The van der Waals surface area contributed by atoms with Gasteiger partial charge in [-0.1, -0.05) is 422 Å². The molecule has 3 unspecified atom stereocenters. The average molecular weight is 2100 g/mol. The van der Waals surface area contributed by atoms with Crippen LogP contribution in [0.2, 0.25) is 0 Å². The number of phenols is 6. The first-order valence-corrected chi connectivity index (χ1v) is 60.9. The summed E-state index contributed by atoms with van der Waals surface area (Å²) in [5, 5.41) is 72.6. The summed E-state index contributed by atoms with van der Waals surface area (Å²) in [6, 6.07) is 67.2. The predicted molar refractivity (Wildman–Crippen MR) is 649 cm³/mol. The number of aromatic hydroxyl groups is 6. The van der Waals surface area contributed by atoms with Crippen LogP contribution < -0.4 is 0 Å². The Kier molecular flexibility index (Phi) is 42.3. The van der Waals surface area contributed by atoms with E-state index in [0.717, 1.165) is 114 Å². The Balaban J connectivity index is 0.000000211. The molecule has 0 spiro atoms. The summed E-state index contributed by atoms with van der Waals surface area (Å²) in [6.07, 6.45) is 22.2. The van der Waals surface area contributed by atoms with Crippen molar-refractivity contribution >= 4 is 70.6 Å². The van der Waals surface area contributed by atoms with Crippen molar-refractivity contribution in [3.8, 4) is 81.9 Å². The summed E-state index contributed by atoms with van der Waals surface area (Å²) in [5.74, 6) is 33.1. The highest BCUT2D eigenvalue weighted by Crippen LogP contribution is 2.51. The molecule has 13 rings (SSSR count). The molecule has 148 heavy (non-hydrogen) atoms. The minimum absolute atomic E-state index is 0.0369. The molecule has 10 aromatic rings. The first-order chi connectivity index (χ1) is 69.4. The van der Waals surface area contributed by atoms with E-state index in [1.54, 1.807) is 0 Å². The lowest BCUT2D eigenvalue weighted by Gasteiger charge is -2.32. The Morgan fingerprint density at radius 3 is 0.601 bits per heavy atom. The van der Waals surface area contributed by atoms with E-state index in [1.165, 1.54) is 147 Å². The summed E-state index contributed by atoms with van der Waals surface area (Å²) < 4.78 is 0. The fraction of sp³-hybridized carbons (Fsp3) is 0.500. The summed E-state index contributed by atoms with van der Waals surface area (Å²) in [6.45, 7) is 61.8. The lowest BCUT2D eigenvalue weighted by molar-refractivity contribution is 0.445. The lowest BCUT2D eigenvalue weighted by atomic mass is 9.74. The molecule has 0 radical (unpaired) electrons. The van der Waals surface area contributed by atoms with Gasteiger partial charge in [0.2, 0.25) is 0 Å². The summed E-state index contributed by atoms with van der Waals surface area (Å²) in [7, 11) is 0. The summed E-state index contributed by atoms with van der Waals surface area (Å²) in [5.41, 5.74) is 21.3. The van der Waals surface area contributed by atoms with Gasteiger partial charge in [-0.25, -0.2) is 0 Å². The third-order valence-corrected chi connectivity index (χ3v) is 38.5. The van der Waals surface area contributed by atoms with Crippen LogP contribution in [0, 0.1) is 58.2 Å². The Hall–Kier alpha value is -8.66. The van der Waals surface area contributed by atoms with Crippen molar-refractivity contribution in [2.24, 2.45) is 10.8 Å². The van der Waals surface area contributed by atoms with E-state index < -0.39 is 0 Å². The second-order valence-corrected chi connectivity index (χ2v) is 58.3. The van der Waals surface area contributed by atoms with Crippen LogP contribution in [0.5, 0.6) is 34.5 Å². The van der Waals surface area contributed by atoms with Crippen LogP contribution in [0.1, 0.15) is 432 Å². The van der Waals surface area contributed by atoms with Gasteiger partial charge in [0.1, 0.15) is 34.5 Å². The fourth-order valence-corrected chi connectivity index (χ4v) is 28.4. The third-order valence-electron chi connectivity index (χ3n) is 29.2. The van der Waals surface area contributed by atoms with E-state index in [0.29, 0.717) is 77.1 Å². The molecule has 0 saturated heterocycles. The van der Waals surface area contributed by atoms with Crippen LogP contribution in [0.4, 0.5) is 0 Å². The molecule has 0 bridgehead atoms. The van der Waals surface area contributed by atoms with Crippen LogP contribution in [0.25, 0.3) is 0 Å². The van der Waals surface area contributed by atoms with Gasteiger partial charge >= 0.3 is 0 Å². The van der Waals surface area contributed by atoms with Crippen molar-refractivity contribution < 1.29 is 30.6 Å². The van der Waals surface area contributed by atoms with Gasteiger partial charge in [-0.3, -0.25) is 0 Å². The molecule has 3 saturated carbocycles. The molecule has 6 atom stereocenters. The number of hydrogen-bond acceptors (Lipinski definition) is 12. The quantitative estimate of drug-likeness (QED) is 0.0363. The molecule has 12 heteroatoms. The topological polar surface area (TPSA) is 121 Å². The standard InChI is InChI=1S/C48H64O2S2.C46H52O2S2.C42H60O2S2/c1-45(2,3)37-27-33(43(49)39(29-37)47(7,8)35-21-15-13-16-22-35)31-51-41-25-19-11-12-20-26-42(41)52-32-34-28-38(46(4,5)6)30-40(44(34)50)48(9,10)36-23-17-14-18-24-36;1-45(2,3)39-27-35(25-23-33-17-11-9-12-18-33)43(47)37(29-39)31-49-41-21-15-7-8-16-22-42(41)50-32-38-30-40(46(4,5)6)28-36(44(38)48)26-24-34-19-13-10-14-20-34;1-39(2,3)21-19-29-23-33(41(7,8)9)25-31(37(29)43)27-45-35-17-15-13-14-16-18-36(35)46-28-32-26-34(42(10,11)12)24-30(38(32)44)20-22-40(4,5)6/h13-18,21-24,27-30,41-42,49-50H,11-12,19-20,25-26,31-32H2,1-10H3;9-14,17-20,27-30,41-42,47-48H,7-8,15-16,21-22,31-32H2,1-6H3;23-26,35-36,43-44H,13-18,27-28H2,1-12H3/t2*41-,42?;35-,36?/m000/s1. The number of hydrogen-bond donors (Lipinski definition) is 6. The molecule has 6 N–H and O–H groups in total. The van der Waals surface area contributed by atoms with E-state index in [2.05, 4.69) is 375 Å². The largest absolute Gasteiger partial charge is 0.507 e. The Labute approximate surface area is 921 Å². The molecule has 10 aromatic carbocycles. The first-order valence-electron chi connectivity index (χ1n) is 54.6. The maximum atomic E-state index is 12.0. The second kappa shape index (κ2) is 52.3. The number of benzene rings is 10. The number of thioether (sulfide) groups is 6. The van der Waals surface area contributed by atoms with E-state index in [-0.39, 0.29) is 54.1 Å². The Bertz CT molecular complexity index is 5940. The molecule has 3 fully saturated rings. The molecule has 792 valence electrons. The van der Waals surface area contributed by atoms with Gasteiger partial charge in [0.15, 0.2) is 0 Å². The predicted octanol–water partition coefficient (Wildman–Crippen LogP) is 37.1. The monoisotopic (exact) mass is 2100 g/mol. The van der Waals surface area contributed by atoms with Crippen LogP contribution in [-0.4, -0.2) is 62.1 Å². The van der Waals surface area contributed by atoms with Gasteiger partial charge in [-0.15, -0.1) is 0 Å². The van der Waals surface area contributed by atoms with Crippen molar-refractivity contribution in [3.63, 3.8) is 0 Å². The van der Waals surface area contributed by atoms with E-state index in [9.17, 15) is 30.6 Å². The minimum Gasteiger partial charge on any atom is -0.507 e. The number of rotatable bonds is 22. The smallest absolute Gasteiger partial charge is 0.135 e. The average Bonchev–Trinajstić information content (AvgIpc) is 0.765.